The lowest BCUT2D eigenvalue weighted by Crippen LogP contribution is -2.24. The number of aromatic nitrogens is 18. The minimum atomic E-state index is -0.437. The van der Waals surface area contributed by atoms with Crippen LogP contribution in [0.1, 0.15) is 130 Å². The third-order valence-corrected chi connectivity index (χ3v) is 26.3. The van der Waals surface area contributed by atoms with E-state index >= 15 is 0 Å². The van der Waals surface area contributed by atoms with Crippen molar-refractivity contribution < 1.29 is 55.1 Å². The van der Waals surface area contributed by atoms with E-state index in [-0.39, 0.29) is 109 Å². The molecule has 0 saturated carbocycles. The van der Waals surface area contributed by atoms with Gasteiger partial charge in [-0.1, -0.05) is 115 Å². The molecule has 30 nitrogen and oxygen atoms in total. The molecule has 18 heterocycles. The first-order valence-corrected chi connectivity index (χ1v) is 47.2. The van der Waals surface area contributed by atoms with Gasteiger partial charge in [0.15, 0.2) is 0 Å². The molecule has 0 atom stereocenters. The molecule has 0 bridgehead atoms. The highest BCUT2D eigenvalue weighted by Gasteiger charge is 2.36. The summed E-state index contributed by atoms with van der Waals surface area (Å²) in [5.41, 5.74) is 21.6. The highest BCUT2D eigenvalue weighted by atomic mass is 19.1. The van der Waals surface area contributed by atoms with E-state index in [1.807, 2.05) is 155 Å². The van der Waals surface area contributed by atoms with E-state index in [0.29, 0.717) is 106 Å². The number of benzene rings is 7. The van der Waals surface area contributed by atoms with Gasteiger partial charge >= 0.3 is 0 Å². The summed E-state index contributed by atoms with van der Waals surface area (Å²) in [6, 6.07) is 60.8. The molecular formula is C112H92F6N24O6. The molecule has 12 aromatic heterocycles. The zero-order valence-electron chi connectivity index (χ0n) is 80.8. The molecule has 6 aliphatic rings. The average Bonchev–Trinajstić information content (AvgIpc) is 1.63. The number of nitrogens with zero attached hydrogens (tertiary/aromatic N) is 24. The lowest BCUT2D eigenvalue weighted by molar-refractivity contribution is 0.0752. The molecule has 0 radical (unpaired) electrons. The summed E-state index contributed by atoms with van der Waals surface area (Å²) in [6.07, 6.45) is 27.0. The van der Waals surface area contributed by atoms with Crippen LogP contribution < -0.4 is 0 Å². The third-order valence-electron chi connectivity index (χ3n) is 26.3. The van der Waals surface area contributed by atoms with Crippen LogP contribution >= 0.6 is 0 Å². The molecular weight excluding hydrogens is 1890 g/mol. The molecule has 0 fully saturated rings. The quantitative estimate of drug-likeness (QED) is 0.0721. The van der Waals surface area contributed by atoms with Crippen LogP contribution in [0.2, 0.25) is 0 Å². The van der Waals surface area contributed by atoms with Crippen LogP contribution in [0.25, 0.3) is 77.8 Å². The van der Waals surface area contributed by atoms with Crippen molar-refractivity contribution in [1.82, 2.24) is 118 Å². The summed E-state index contributed by atoms with van der Waals surface area (Å²) in [7, 11) is 10.9. The average molecular weight is 1980 g/mol. The molecule has 6 amide bonds. The van der Waals surface area contributed by atoms with Gasteiger partial charge in [-0.05, 0) is 124 Å². The Bertz CT molecular complexity index is 7760. The Morgan fingerprint density at radius 3 is 0.973 bits per heavy atom. The first-order valence-electron chi connectivity index (χ1n) is 47.2. The molecule has 0 saturated heterocycles. The second-order valence-electron chi connectivity index (χ2n) is 36.3. The lowest BCUT2D eigenvalue weighted by Gasteiger charge is -2.16. The Morgan fingerprint density at radius 2 is 0.581 bits per heavy atom. The Kier molecular flexibility index (Phi) is 27.3. The Hall–Kier alpha value is -18.6. The summed E-state index contributed by atoms with van der Waals surface area (Å²) < 4.78 is 97.2. The van der Waals surface area contributed by atoms with Crippen molar-refractivity contribution in [2.45, 2.75) is 78.5 Å². The Labute approximate surface area is 843 Å². The highest BCUT2D eigenvalue weighted by molar-refractivity contribution is 6.01. The summed E-state index contributed by atoms with van der Waals surface area (Å²) in [5, 5.41) is 25.7. The minimum absolute atomic E-state index is 0.0410. The van der Waals surface area contributed by atoms with E-state index < -0.39 is 17.5 Å². The maximum Gasteiger partial charge on any atom is 0.273 e. The fraction of sp³-hybridized carbons (Fsp3) is 0.161. The molecule has 148 heavy (non-hydrogen) atoms. The molecule has 36 heteroatoms. The van der Waals surface area contributed by atoms with E-state index in [1.54, 1.807) is 220 Å². The van der Waals surface area contributed by atoms with E-state index in [2.05, 4.69) is 60.5 Å². The molecule has 0 aliphatic carbocycles. The Morgan fingerprint density at radius 1 is 0.250 bits per heavy atom. The van der Waals surface area contributed by atoms with Gasteiger partial charge in [0.2, 0.25) is 0 Å². The standard InChI is InChI=1S/C23H18FN3O.C19H16FN3O.2C18H15FN4O.2C17H14FN5O/c1-26-22-11-16(6-8-17(22)12-25-26)15-7-9-19(21(24)10-15)14-27-13-18-4-2-3-5-20(18)23(27)28;1-22-18(8-9-21-22)13-6-7-15(17(20)10-13)12-23-11-14-4-2-3-5-16(14)19(23)24;1-22-9-15(8-21-22)12-4-5-13(16(19)7-12)10-23-11-14-3-2-6-20-17(14)18(23)24;1-22-9-14(8-21-22)13-6-16(19)17(20-7-13)11-23-10-12-4-2-3-5-15(12)18(23)24;1-22-8-12(7-21-22)11-5-14(18)16(20-6-11)10-23-9-15-13(17(23)24)3-2-4-19-15;1-22-8-13(7-21-22)12-5-14(18)15(20-6-12)10-23-9-11-3-2-4-19-16(11)17(23)24/h2-12H,13-14H2,1H3;2-10H,11-12H2,1H3;2*2-9H,10-11H2,1H3;2*2-8H,9-10H2,1H3. The molecule has 6 aliphatic heterocycles. The number of carbonyl (C=O) groups is 6. The van der Waals surface area contributed by atoms with Crippen molar-refractivity contribution in [3.05, 3.63) is 441 Å². The van der Waals surface area contributed by atoms with Gasteiger partial charge in [-0.15, -0.1) is 0 Å². The summed E-state index contributed by atoms with van der Waals surface area (Å²) in [6.45, 7) is 3.96. The summed E-state index contributed by atoms with van der Waals surface area (Å²) in [4.78, 5) is 109. The van der Waals surface area contributed by atoms with Gasteiger partial charge in [0.1, 0.15) is 46.3 Å². The number of pyridine rings is 6. The SMILES string of the molecule is Cn1cc(-c2ccc(CN3Cc4cccnc4C3=O)c(F)c2)cn1.Cn1cc(-c2cnc(CN3Cc4ccccc4C3=O)c(F)c2)cn1.Cn1cc(-c2cnc(CN3Cc4cccnc4C3=O)c(F)c2)cn1.Cn1cc(-c2cnc(CN3Cc4ncccc4C3=O)c(F)c2)cn1.Cn1ncc2ccc(-c3ccc(CN4Cc5ccccc5C4=O)c(F)c3)cc21.Cn1nccc1-c1ccc(CN2Cc3ccccc3C2=O)c(F)c1. The number of halogens is 6. The van der Waals surface area contributed by atoms with Gasteiger partial charge in [-0.3, -0.25) is 86.8 Å². The lowest BCUT2D eigenvalue weighted by atomic mass is 10.0. The predicted molar refractivity (Wildman–Crippen MR) is 536 cm³/mol. The van der Waals surface area contributed by atoms with Crippen molar-refractivity contribution in [1.29, 1.82) is 0 Å². The van der Waals surface area contributed by atoms with E-state index in [4.69, 9.17) is 0 Å². The van der Waals surface area contributed by atoms with Crippen LogP contribution in [0.4, 0.5) is 26.3 Å². The molecule has 0 N–H and O–H groups in total. The van der Waals surface area contributed by atoms with Crippen LogP contribution in [0, 0.1) is 34.9 Å². The predicted octanol–water partition coefficient (Wildman–Crippen LogP) is 17.8. The first-order chi connectivity index (χ1) is 71.7. The second kappa shape index (κ2) is 41.7. The van der Waals surface area contributed by atoms with E-state index in [0.717, 1.165) is 94.6 Å². The molecule has 0 spiro atoms. The van der Waals surface area contributed by atoms with Crippen molar-refractivity contribution in [3.63, 3.8) is 0 Å². The fourth-order valence-electron chi connectivity index (χ4n) is 18.5. The molecule has 19 aromatic rings. The van der Waals surface area contributed by atoms with Crippen LogP contribution in [0.3, 0.4) is 0 Å². The van der Waals surface area contributed by atoms with Crippen molar-refractivity contribution >= 4 is 46.3 Å². The smallest absolute Gasteiger partial charge is 0.273 e. The zero-order chi connectivity index (χ0) is 103. The normalized spacial score (nSPS) is 13.4. The van der Waals surface area contributed by atoms with Crippen LogP contribution in [-0.2, 0) is 121 Å². The molecule has 7 aromatic carbocycles. The fourth-order valence-corrected chi connectivity index (χ4v) is 18.5. The van der Waals surface area contributed by atoms with Crippen LogP contribution in [0.5, 0.6) is 0 Å². The third kappa shape index (κ3) is 20.7. The van der Waals surface area contributed by atoms with E-state index in [9.17, 15) is 55.1 Å². The number of hydrogen-bond acceptors (Lipinski definition) is 18. The van der Waals surface area contributed by atoms with Gasteiger partial charge in [-0.2, -0.15) is 30.6 Å². The molecule has 738 valence electrons. The number of rotatable bonds is 18. The number of amides is 6. The van der Waals surface area contributed by atoms with Crippen molar-refractivity contribution in [2.75, 3.05) is 0 Å². The minimum Gasteiger partial charge on any atom is -0.330 e. The number of fused-ring (bicyclic) bond motifs is 7. The van der Waals surface area contributed by atoms with Gasteiger partial charge in [0.25, 0.3) is 35.4 Å². The van der Waals surface area contributed by atoms with Gasteiger partial charge in [0, 0.05) is 257 Å². The van der Waals surface area contributed by atoms with Crippen LogP contribution in [0.15, 0.2) is 305 Å². The molecule has 25 rings (SSSR count). The number of hydrogen-bond donors (Lipinski definition) is 0. The van der Waals surface area contributed by atoms with Crippen molar-refractivity contribution in [2.24, 2.45) is 42.3 Å². The summed E-state index contributed by atoms with van der Waals surface area (Å²) in [5.74, 6) is -2.87. The maximum absolute atomic E-state index is 14.8. The second-order valence-corrected chi connectivity index (χ2v) is 36.3. The van der Waals surface area contributed by atoms with Gasteiger partial charge in [0.05, 0.1) is 96.7 Å². The van der Waals surface area contributed by atoms with Gasteiger partial charge in [-0.25, -0.2) is 26.3 Å². The van der Waals surface area contributed by atoms with Gasteiger partial charge < -0.3 is 29.4 Å². The first kappa shape index (κ1) is 96.8. The zero-order valence-corrected chi connectivity index (χ0v) is 80.8. The Balaban J connectivity index is 0.000000108. The monoisotopic (exact) mass is 1980 g/mol. The highest BCUT2D eigenvalue weighted by Crippen LogP contribution is 2.36. The number of carbonyl (C=O) groups excluding carboxylic acids is 6. The topological polar surface area (TPSA) is 306 Å². The summed E-state index contributed by atoms with van der Waals surface area (Å²) >= 11 is 0. The van der Waals surface area contributed by atoms with Crippen LogP contribution in [-0.4, -0.2) is 153 Å². The van der Waals surface area contributed by atoms with E-state index in [1.165, 1.54) is 30.3 Å². The largest absolute Gasteiger partial charge is 0.330 e. The van der Waals surface area contributed by atoms with Crippen molar-refractivity contribution in [3.8, 4) is 66.9 Å². The molecule has 0 unspecified atom stereocenters. The maximum atomic E-state index is 14.8. The number of aryl methyl sites for hydroxylation is 6.